The Balaban J connectivity index is 0.000000437. The van der Waals surface area contributed by atoms with Crippen molar-refractivity contribution in [3.63, 3.8) is 0 Å². The highest BCUT2D eigenvalue weighted by atomic mass is 16.6. The van der Waals surface area contributed by atoms with Gasteiger partial charge in [-0.25, -0.2) is 4.79 Å². The van der Waals surface area contributed by atoms with Gasteiger partial charge in [0.05, 0.1) is 6.61 Å². The Morgan fingerprint density at radius 3 is 2.24 bits per heavy atom. The van der Waals surface area contributed by atoms with Gasteiger partial charge in [-0.05, 0) is 40.0 Å². The summed E-state index contributed by atoms with van der Waals surface area (Å²) in [6, 6.07) is 0.347. The van der Waals surface area contributed by atoms with Crippen LogP contribution in [-0.4, -0.2) is 30.8 Å². The average molecular weight is 245 g/mol. The lowest BCUT2D eigenvalue weighted by molar-refractivity contribution is -0.128. The number of carbonyl (C=O) groups excluding carboxylic acids is 2. The van der Waals surface area contributed by atoms with E-state index in [0.29, 0.717) is 25.0 Å². The molecule has 1 N–H and O–H groups in total. The highest BCUT2D eigenvalue weighted by Gasteiger charge is 2.35. The zero-order valence-corrected chi connectivity index (χ0v) is 11.3. The molecule has 100 valence electrons. The van der Waals surface area contributed by atoms with Crippen LogP contribution in [0.1, 0.15) is 41.0 Å². The van der Waals surface area contributed by atoms with Gasteiger partial charge in [-0.15, -0.1) is 0 Å². The number of carbonyl (C=O) groups is 2. The molecule has 0 radical (unpaired) electrons. The second-order valence-electron chi connectivity index (χ2n) is 5.02. The molecule has 0 spiro atoms. The summed E-state index contributed by atoms with van der Waals surface area (Å²) in [5.74, 6) is 0.623. The van der Waals surface area contributed by atoms with Crippen molar-refractivity contribution in [1.82, 2.24) is 5.32 Å². The Hall–Kier alpha value is -1.26. The number of amides is 1. The molecular formula is C12H23NO4. The normalized spacial score (nSPS) is 21.7. The van der Waals surface area contributed by atoms with Gasteiger partial charge in [-0.2, -0.15) is 0 Å². The van der Waals surface area contributed by atoms with E-state index < -0.39 is 0 Å². The summed E-state index contributed by atoms with van der Waals surface area (Å²) >= 11 is 0. The van der Waals surface area contributed by atoms with Gasteiger partial charge in [0.1, 0.15) is 5.60 Å². The fraction of sp³-hybridized carbons (Fsp3) is 0.833. The fourth-order valence-electron chi connectivity index (χ4n) is 1.05. The molecule has 0 saturated heterocycles. The van der Waals surface area contributed by atoms with Crippen LogP contribution in [0.5, 0.6) is 0 Å². The first-order valence-electron chi connectivity index (χ1n) is 5.85. The Labute approximate surface area is 103 Å². The minimum absolute atomic E-state index is 0.295. The first kappa shape index (κ1) is 15.7. The largest absolute Gasteiger partial charge is 0.468 e. The van der Waals surface area contributed by atoms with Gasteiger partial charge in [-0.1, -0.05) is 6.92 Å². The number of hydrogen-bond donors (Lipinski definition) is 1. The van der Waals surface area contributed by atoms with Crippen LogP contribution in [0.15, 0.2) is 0 Å². The van der Waals surface area contributed by atoms with Crippen LogP contribution < -0.4 is 5.32 Å². The van der Waals surface area contributed by atoms with Crippen molar-refractivity contribution in [3.8, 4) is 0 Å². The smallest absolute Gasteiger partial charge is 0.407 e. The molecule has 5 nitrogen and oxygen atoms in total. The summed E-state index contributed by atoms with van der Waals surface area (Å²) in [5.41, 5.74) is -0.387. The van der Waals surface area contributed by atoms with Crippen molar-refractivity contribution < 1.29 is 19.1 Å². The molecule has 0 aromatic carbocycles. The molecule has 17 heavy (non-hydrogen) atoms. The SMILES string of the molecule is CC1CC1NC(=O)OC(C)(C)C.CCOC=O. The van der Waals surface area contributed by atoms with Crippen LogP contribution >= 0.6 is 0 Å². The molecule has 2 atom stereocenters. The van der Waals surface area contributed by atoms with Gasteiger partial charge in [0.15, 0.2) is 0 Å². The van der Waals surface area contributed by atoms with Crippen LogP contribution in [0, 0.1) is 5.92 Å². The first-order chi connectivity index (χ1) is 7.80. The summed E-state index contributed by atoms with van der Waals surface area (Å²) in [6.45, 7) is 10.4. The molecule has 2 unspecified atom stereocenters. The predicted molar refractivity (Wildman–Crippen MR) is 64.6 cm³/mol. The zero-order chi connectivity index (χ0) is 13.5. The summed E-state index contributed by atoms with van der Waals surface area (Å²) in [5, 5.41) is 2.80. The van der Waals surface area contributed by atoms with Crippen molar-refractivity contribution in [2.75, 3.05) is 6.61 Å². The number of ether oxygens (including phenoxy) is 2. The number of rotatable bonds is 3. The lowest BCUT2D eigenvalue weighted by Crippen LogP contribution is -2.34. The molecule has 1 aliphatic carbocycles. The maximum atomic E-state index is 11.1. The van der Waals surface area contributed by atoms with Gasteiger partial charge in [-0.3, -0.25) is 4.79 Å². The van der Waals surface area contributed by atoms with Gasteiger partial charge in [0.25, 0.3) is 6.47 Å². The third-order valence-electron chi connectivity index (χ3n) is 2.05. The van der Waals surface area contributed by atoms with E-state index in [0.717, 1.165) is 6.42 Å². The van der Waals surface area contributed by atoms with Crippen molar-refractivity contribution in [1.29, 1.82) is 0 Å². The minimum Gasteiger partial charge on any atom is -0.468 e. The third-order valence-corrected chi connectivity index (χ3v) is 2.05. The Bertz CT molecular complexity index is 247. The molecule has 0 heterocycles. The van der Waals surface area contributed by atoms with E-state index in [-0.39, 0.29) is 11.7 Å². The van der Waals surface area contributed by atoms with E-state index >= 15 is 0 Å². The molecule has 1 saturated carbocycles. The Morgan fingerprint density at radius 1 is 1.47 bits per heavy atom. The third kappa shape index (κ3) is 9.66. The lowest BCUT2D eigenvalue weighted by Gasteiger charge is -2.19. The van der Waals surface area contributed by atoms with E-state index in [2.05, 4.69) is 17.0 Å². The molecule has 1 aliphatic rings. The summed E-state index contributed by atoms with van der Waals surface area (Å²) < 4.78 is 9.24. The molecule has 5 heteroatoms. The Morgan fingerprint density at radius 2 is 2.00 bits per heavy atom. The van der Waals surface area contributed by atoms with Crippen molar-refractivity contribution in [3.05, 3.63) is 0 Å². The van der Waals surface area contributed by atoms with Crippen LogP contribution in [0.4, 0.5) is 4.79 Å². The topological polar surface area (TPSA) is 64.6 Å². The lowest BCUT2D eigenvalue weighted by atomic mass is 10.2. The van der Waals surface area contributed by atoms with Crippen LogP contribution in [0.2, 0.25) is 0 Å². The maximum absolute atomic E-state index is 11.1. The van der Waals surface area contributed by atoms with Gasteiger partial charge in [0.2, 0.25) is 0 Å². The summed E-state index contributed by atoms with van der Waals surface area (Å²) in [4.78, 5) is 20.3. The molecule has 1 amide bonds. The van der Waals surface area contributed by atoms with Crippen molar-refractivity contribution >= 4 is 12.6 Å². The van der Waals surface area contributed by atoms with E-state index in [1.807, 2.05) is 20.8 Å². The van der Waals surface area contributed by atoms with E-state index in [9.17, 15) is 9.59 Å². The Kier molecular flexibility index (Phi) is 6.61. The van der Waals surface area contributed by atoms with E-state index in [1.165, 1.54) is 0 Å². The number of nitrogens with one attached hydrogen (secondary N) is 1. The standard InChI is InChI=1S/C9H17NO2.C3H6O2/c1-6-5-7(6)10-8(11)12-9(2,3)4;1-2-5-3-4/h6-7H,5H2,1-4H3,(H,10,11);3H,2H2,1H3. The number of hydrogen-bond acceptors (Lipinski definition) is 4. The van der Waals surface area contributed by atoms with Crippen molar-refractivity contribution in [2.24, 2.45) is 5.92 Å². The van der Waals surface area contributed by atoms with Crippen LogP contribution in [0.3, 0.4) is 0 Å². The summed E-state index contributed by atoms with van der Waals surface area (Å²) in [7, 11) is 0. The number of alkyl carbamates (subject to hydrolysis) is 1. The second kappa shape index (κ2) is 7.14. The monoisotopic (exact) mass is 245 g/mol. The van der Waals surface area contributed by atoms with Crippen LogP contribution in [-0.2, 0) is 14.3 Å². The zero-order valence-electron chi connectivity index (χ0n) is 11.3. The molecule has 0 bridgehead atoms. The molecular weight excluding hydrogens is 222 g/mol. The molecule has 0 aliphatic heterocycles. The quantitative estimate of drug-likeness (QED) is 0.773. The highest BCUT2D eigenvalue weighted by Crippen LogP contribution is 2.29. The molecule has 1 fully saturated rings. The molecule has 1 rings (SSSR count). The van der Waals surface area contributed by atoms with Crippen molar-refractivity contribution in [2.45, 2.75) is 52.7 Å². The van der Waals surface area contributed by atoms with Gasteiger partial charge >= 0.3 is 6.09 Å². The fourth-order valence-corrected chi connectivity index (χ4v) is 1.05. The highest BCUT2D eigenvalue weighted by molar-refractivity contribution is 5.68. The predicted octanol–water partition coefficient (Wildman–Crippen LogP) is 2.10. The van der Waals surface area contributed by atoms with Gasteiger partial charge in [0, 0.05) is 6.04 Å². The maximum Gasteiger partial charge on any atom is 0.407 e. The molecule has 0 aromatic rings. The van der Waals surface area contributed by atoms with Gasteiger partial charge < -0.3 is 14.8 Å². The molecule has 0 aromatic heterocycles. The van der Waals surface area contributed by atoms with Crippen LogP contribution in [0.25, 0.3) is 0 Å². The summed E-state index contributed by atoms with van der Waals surface area (Å²) in [6.07, 6.45) is 0.788. The van der Waals surface area contributed by atoms with E-state index in [4.69, 9.17) is 4.74 Å². The van der Waals surface area contributed by atoms with E-state index in [1.54, 1.807) is 6.92 Å². The minimum atomic E-state index is -0.387. The average Bonchev–Trinajstić information content (AvgIpc) is 2.80. The first-order valence-corrected chi connectivity index (χ1v) is 5.85. The second-order valence-corrected chi connectivity index (χ2v) is 5.02.